The lowest BCUT2D eigenvalue weighted by Crippen LogP contribution is -2.50. The van der Waals surface area contributed by atoms with Gasteiger partial charge in [-0.25, -0.2) is 0 Å². The number of piperidine rings is 1. The fraction of sp³-hybridized carbons (Fsp3) is 0.526. The zero-order valence-corrected chi connectivity index (χ0v) is 13.0. The zero-order chi connectivity index (χ0) is 14.9. The molecule has 0 spiro atoms. The maximum Gasteiger partial charge on any atom is 0.253 e. The number of carbonyl (C=O) groups is 1. The van der Waals surface area contributed by atoms with Crippen molar-refractivity contribution in [1.82, 2.24) is 4.90 Å². The van der Waals surface area contributed by atoms with Crippen LogP contribution >= 0.6 is 0 Å². The van der Waals surface area contributed by atoms with Crippen molar-refractivity contribution < 1.29 is 9.53 Å². The number of hydrogen-bond acceptors (Lipinski definition) is 2. The van der Waals surface area contributed by atoms with Gasteiger partial charge in [0.15, 0.2) is 0 Å². The van der Waals surface area contributed by atoms with Crippen LogP contribution in [-0.4, -0.2) is 30.0 Å². The molecule has 4 rings (SSSR count). The summed E-state index contributed by atoms with van der Waals surface area (Å²) in [5, 5.41) is 0. The van der Waals surface area contributed by atoms with E-state index in [1.54, 1.807) is 0 Å². The van der Waals surface area contributed by atoms with Gasteiger partial charge in [-0.3, -0.25) is 4.79 Å². The minimum Gasteiger partial charge on any atom is -0.488 e. The molecule has 1 aromatic carbocycles. The summed E-state index contributed by atoms with van der Waals surface area (Å²) in [7, 11) is 0. The van der Waals surface area contributed by atoms with Crippen molar-refractivity contribution in [2.24, 2.45) is 5.92 Å². The summed E-state index contributed by atoms with van der Waals surface area (Å²) in [6.07, 6.45) is 9.55. The SMILES string of the molecule is O=C(C1=Cc2ccccc2OC1)N1CCC[C@@H]2CCCC[C@@H]21. The van der Waals surface area contributed by atoms with Gasteiger partial charge in [0, 0.05) is 18.2 Å². The van der Waals surface area contributed by atoms with Gasteiger partial charge in [-0.05, 0) is 43.7 Å². The first-order valence-corrected chi connectivity index (χ1v) is 8.56. The maximum absolute atomic E-state index is 13.0. The van der Waals surface area contributed by atoms with Gasteiger partial charge in [0.05, 0.1) is 5.57 Å². The zero-order valence-electron chi connectivity index (χ0n) is 13.0. The number of rotatable bonds is 1. The first kappa shape index (κ1) is 13.9. The molecule has 3 heteroatoms. The smallest absolute Gasteiger partial charge is 0.253 e. The Kier molecular flexibility index (Phi) is 3.65. The van der Waals surface area contributed by atoms with Crippen molar-refractivity contribution in [1.29, 1.82) is 0 Å². The third-order valence-electron chi connectivity index (χ3n) is 5.41. The molecule has 22 heavy (non-hydrogen) atoms. The number of likely N-dealkylation sites (tertiary alicyclic amines) is 1. The van der Waals surface area contributed by atoms with E-state index in [0.29, 0.717) is 12.6 Å². The van der Waals surface area contributed by atoms with Crippen LogP contribution in [-0.2, 0) is 4.79 Å². The number of carbonyl (C=O) groups excluding carboxylic acids is 1. The number of nitrogens with zero attached hydrogens (tertiary/aromatic N) is 1. The molecule has 116 valence electrons. The second-order valence-corrected chi connectivity index (χ2v) is 6.75. The lowest BCUT2D eigenvalue weighted by Gasteiger charge is -2.44. The Labute approximate surface area is 132 Å². The molecule has 1 aliphatic carbocycles. The Morgan fingerprint density at radius 1 is 1.09 bits per heavy atom. The molecule has 3 nitrogen and oxygen atoms in total. The van der Waals surface area contributed by atoms with Gasteiger partial charge in [-0.1, -0.05) is 31.0 Å². The maximum atomic E-state index is 13.0. The van der Waals surface area contributed by atoms with E-state index in [9.17, 15) is 4.79 Å². The Bertz CT molecular complexity index is 605. The number of hydrogen-bond donors (Lipinski definition) is 0. The number of ether oxygens (including phenoxy) is 1. The normalized spacial score (nSPS) is 27.3. The van der Waals surface area contributed by atoms with Crippen LogP contribution in [0.2, 0.25) is 0 Å². The van der Waals surface area contributed by atoms with Gasteiger partial charge < -0.3 is 9.64 Å². The van der Waals surface area contributed by atoms with Crippen LogP contribution in [0.4, 0.5) is 0 Å². The minimum atomic E-state index is 0.200. The van der Waals surface area contributed by atoms with E-state index < -0.39 is 0 Å². The molecular weight excluding hydrogens is 274 g/mol. The highest BCUT2D eigenvalue weighted by atomic mass is 16.5. The van der Waals surface area contributed by atoms with Crippen LogP contribution < -0.4 is 4.74 Å². The Morgan fingerprint density at radius 3 is 2.86 bits per heavy atom. The van der Waals surface area contributed by atoms with Gasteiger partial charge >= 0.3 is 0 Å². The lowest BCUT2D eigenvalue weighted by atomic mass is 9.78. The minimum absolute atomic E-state index is 0.200. The summed E-state index contributed by atoms with van der Waals surface area (Å²) in [5.74, 6) is 1.81. The molecule has 2 heterocycles. The topological polar surface area (TPSA) is 29.5 Å². The summed E-state index contributed by atoms with van der Waals surface area (Å²) in [4.78, 5) is 15.1. The predicted molar refractivity (Wildman–Crippen MR) is 86.6 cm³/mol. The average molecular weight is 297 g/mol. The van der Waals surface area contributed by atoms with E-state index in [1.807, 2.05) is 30.3 Å². The quantitative estimate of drug-likeness (QED) is 0.792. The van der Waals surface area contributed by atoms with Gasteiger partial charge in [-0.2, -0.15) is 0 Å². The number of benzene rings is 1. The molecule has 2 aliphatic heterocycles. The molecular formula is C19H23NO2. The van der Waals surface area contributed by atoms with Crippen molar-refractivity contribution in [3.05, 3.63) is 35.4 Å². The Balaban J connectivity index is 1.58. The molecule has 0 N–H and O–H groups in total. The molecule has 1 saturated carbocycles. The molecule has 2 atom stereocenters. The van der Waals surface area contributed by atoms with Gasteiger partial charge in [-0.15, -0.1) is 0 Å². The number of para-hydroxylation sites is 1. The molecule has 1 aromatic rings. The first-order valence-electron chi connectivity index (χ1n) is 8.56. The summed E-state index contributed by atoms with van der Waals surface area (Å²) >= 11 is 0. The second kappa shape index (κ2) is 5.79. The second-order valence-electron chi connectivity index (χ2n) is 6.75. The fourth-order valence-corrected chi connectivity index (χ4v) is 4.30. The summed E-state index contributed by atoms with van der Waals surface area (Å²) < 4.78 is 5.77. The molecule has 0 bridgehead atoms. The molecule has 1 amide bonds. The molecule has 0 aromatic heterocycles. The Morgan fingerprint density at radius 2 is 1.91 bits per heavy atom. The number of amides is 1. The van der Waals surface area contributed by atoms with E-state index in [1.165, 1.54) is 32.1 Å². The first-order chi connectivity index (χ1) is 10.8. The third-order valence-corrected chi connectivity index (χ3v) is 5.41. The van der Waals surface area contributed by atoms with E-state index in [-0.39, 0.29) is 5.91 Å². The van der Waals surface area contributed by atoms with E-state index >= 15 is 0 Å². The van der Waals surface area contributed by atoms with Crippen LogP contribution in [0.5, 0.6) is 5.75 Å². The molecule has 3 aliphatic rings. The van der Waals surface area contributed by atoms with Crippen molar-refractivity contribution in [2.45, 2.75) is 44.6 Å². The van der Waals surface area contributed by atoms with E-state index in [2.05, 4.69) is 4.90 Å². The van der Waals surface area contributed by atoms with Crippen LogP contribution in [0.15, 0.2) is 29.8 Å². The van der Waals surface area contributed by atoms with Crippen LogP contribution in [0.1, 0.15) is 44.1 Å². The molecule has 2 fully saturated rings. The Hall–Kier alpha value is -1.77. The highest BCUT2D eigenvalue weighted by Gasteiger charge is 2.36. The van der Waals surface area contributed by atoms with Crippen LogP contribution in [0.3, 0.4) is 0 Å². The van der Waals surface area contributed by atoms with Crippen molar-refractivity contribution in [3.63, 3.8) is 0 Å². The summed E-state index contributed by atoms with van der Waals surface area (Å²) in [6, 6.07) is 8.40. The lowest BCUT2D eigenvalue weighted by molar-refractivity contribution is -0.133. The molecule has 0 radical (unpaired) electrons. The van der Waals surface area contributed by atoms with Crippen molar-refractivity contribution >= 4 is 12.0 Å². The van der Waals surface area contributed by atoms with Crippen molar-refractivity contribution in [2.75, 3.05) is 13.2 Å². The standard InChI is InChI=1S/C19H23NO2/c21-19(16-12-15-7-2-4-10-18(15)22-13-16)20-11-5-8-14-6-1-3-9-17(14)20/h2,4,7,10,12,14,17H,1,3,5-6,8-9,11,13H2/t14-,17-/m0/s1. The highest BCUT2D eigenvalue weighted by molar-refractivity contribution is 5.99. The molecule has 1 saturated heterocycles. The monoisotopic (exact) mass is 297 g/mol. The highest BCUT2D eigenvalue weighted by Crippen LogP contribution is 2.36. The van der Waals surface area contributed by atoms with Gasteiger partial charge in [0.2, 0.25) is 0 Å². The van der Waals surface area contributed by atoms with E-state index in [4.69, 9.17) is 4.74 Å². The average Bonchev–Trinajstić information content (AvgIpc) is 2.60. The third kappa shape index (κ3) is 2.43. The van der Waals surface area contributed by atoms with Gasteiger partial charge in [0.25, 0.3) is 5.91 Å². The van der Waals surface area contributed by atoms with Crippen molar-refractivity contribution in [3.8, 4) is 5.75 Å². The summed E-state index contributed by atoms with van der Waals surface area (Å²) in [6.45, 7) is 1.32. The van der Waals surface area contributed by atoms with Crippen LogP contribution in [0.25, 0.3) is 6.08 Å². The van der Waals surface area contributed by atoms with Crippen LogP contribution in [0, 0.1) is 5.92 Å². The largest absolute Gasteiger partial charge is 0.488 e. The van der Waals surface area contributed by atoms with Gasteiger partial charge in [0.1, 0.15) is 12.4 Å². The number of fused-ring (bicyclic) bond motifs is 2. The fourth-order valence-electron chi connectivity index (χ4n) is 4.30. The van der Waals surface area contributed by atoms with E-state index in [0.717, 1.165) is 35.8 Å². The molecule has 0 unspecified atom stereocenters. The summed E-state index contributed by atoms with van der Waals surface area (Å²) in [5.41, 5.74) is 1.83. The predicted octanol–water partition coefficient (Wildman–Crippen LogP) is 3.64.